The van der Waals surface area contributed by atoms with E-state index in [0.29, 0.717) is 6.54 Å². The summed E-state index contributed by atoms with van der Waals surface area (Å²) in [6.07, 6.45) is 5.14. The molecule has 0 aromatic carbocycles. The van der Waals surface area contributed by atoms with Crippen LogP contribution in [-0.4, -0.2) is 18.1 Å². The molecule has 1 aliphatic rings. The summed E-state index contributed by atoms with van der Waals surface area (Å²) < 4.78 is 5.48. The van der Waals surface area contributed by atoms with Crippen LogP contribution in [-0.2, 0) is 13.0 Å². The Labute approximate surface area is 83.9 Å². The van der Waals surface area contributed by atoms with E-state index in [1.807, 2.05) is 0 Å². The van der Waals surface area contributed by atoms with Crippen molar-refractivity contribution in [2.24, 2.45) is 11.7 Å². The predicted molar refractivity (Wildman–Crippen MR) is 53.7 cm³/mol. The largest absolute Gasteiger partial charge is 0.444 e. The molecule has 0 aliphatic carbocycles. The number of hydrogen-bond acceptors (Lipinski definition) is 4. The van der Waals surface area contributed by atoms with E-state index < -0.39 is 0 Å². The third kappa shape index (κ3) is 2.33. The van der Waals surface area contributed by atoms with Crippen molar-refractivity contribution in [3.05, 3.63) is 17.8 Å². The lowest BCUT2D eigenvalue weighted by molar-refractivity contribution is 0.336. The number of nitrogens with zero attached hydrogens (tertiary/aromatic N) is 1. The van der Waals surface area contributed by atoms with Crippen LogP contribution in [0.1, 0.15) is 24.5 Å². The Bertz CT molecular complexity index is 279. The zero-order valence-electron chi connectivity index (χ0n) is 8.33. The molecule has 2 rings (SSSR count). The molecule has 0 amide bonds. The first-order valence-electron chi connectivity index (χ1n) is 5.23. The molecule has 0 spiro atoms. The van der Waals surface area contributed by atoms with Gasteiger partial charge in [-0.05, 0) is 31.8 Å². The lowest BCUT2D eigenvalue weighted by Crippen LogP contribution is -2.28. The van der Waals surface area contributed by atoms with Gasteiger partial charge in [-0.25, -0.2) is 4.98 Å². The lowest BCUT2D eigenvalue weighted by atomic mass is 9.95. The number of nitrogens with two attached hydrogens (primary N) is 1. The number of piperidine rings is 1. The highest BCUT2D eigenvalue weighted by atomic mass is 16.4. The van der Waals surface area contributed by atoms with Gasteiger partial charge in [-0.2, -0.15) is 0 Å². The maximum atomic E-state index is 5.48. The van der Waals surface area contributed by atoms with Gasteiger partial charge in [0.05, 0.1) is 12.7 Å². The van der Waals surface area contributed by atoms with Crippen molar-refractivity contribution < 1.29 is 4.42 Å². The van der Waals surface area contributed by atoms with Crippen molar-refractivity contribution in [1.29, 1.82) is 0 Å². The Morgan fingerprint density at radius 2 is 2.29 bits per heavy atom. The molecule has 0 saturated carbocycles. The second-order valence-corrected chi connectivity index (χ2v) is 3.82. The van der Waals surface area contributed by atoms with Crippen molar-refractivity contribution >= 4 is 0 Å². The van der Waals surface area contributed by atoms with E-state index in [4.69, 9.17) is 10.2 Å². The molecular weight excluding hydrogens is 178 g/mol. The molecule has 4 heteroatoms. The van der Waals surface area contributed by atoms with Crippen molar-refractivity contribution in [3.8, 4) is 0 Å². The van der Waals surface area contributed by atoms with Crippen LogP contribution in [0.15, 0.2) is 10.6 Å². The normalized spacial score (nSPS) is 18.6. The van der Waals surface area contributed by atoms with Crippen LogP contribution in [0.3, 0.4) is 0 Å². The molecule has 4 nitrogen and oxygen atoms in total. The van der Waals surface area contributed by atoms with Gasteiger partial charge in [0.1, 0.15) is 5.76 Å². The summed E-state index contributed by atoms with van der Waals surface area (Å²) in [6, 6.07) is 0. The van der Waals surface area contributed by atoms with Crippen LogP contribution in [0.5, 0.6) is 0 Å². The SMILES string of the molecule is NCc1cnc(CC2CCNCC2)o1. The first-order chi connectivity index (χ1) is 6.88. The average Bonchev–Trinajstić information content (AvgIpc) is 2.67. The van der Waals surface area contributed by atoms with Crippen LogP contribution in [0.4, 0.5) is 0 Å². The fraction of sp³-hybridized carbons (Fsp3) is 0.700. The molecule has 1 aromatic heterocycles. The zero-order valence-corrected chi connectivity index (χ0v) is 8.33. The van der Waals surface area contributed by atoms with Gasteiger partial charge in [0.2, 0.25) is 0 Å². The molecule has 1 aromatic rings. The summed E-state index contributed by atoms with van der Waals surface area (Å²) in [6.45, 7) is 2.68. The molecule has 1 aliphatic heterocycles. The monoisotopic (exact) mass is 195 g/mol. The second kappa shape index (κ2) is 4.57. The fourth-order valence-electron chi connectivity index (χ4n) is 1.87. The zero-order chi connectivity index (χ0) is 9.80. The Morgan fingerprint density at radius 1 is 1.50 bits per heavy atom. The van der Waals surface area contributed by atoms with Crippen molar-refractivity contribution in [1.82, 2.24) is 10.3 Å². The average molecular weight is 195 g/mol. The Hall–Kier alpha value is -0.870. The smallest absolute Gasteiger partial charge is 0.194 e. The Balaban J connectivity index is 1.89. The first-order valence-corrected chi connectivity index (χ1v) is 5.23. The van der Waals surface area contributed by atoms with Crippen LogP contribution in [0, 0.1) is 5.92 Å². The summed E-state index contributed by atoms with van der Waals surface area (Å²) in [7, 11) is 0. The summed E-state index contributed by atoms with van der Waals surface area (Å²) >= 11 is 0. The summed E-state index contributed by atoms with van der Waals surface area (Å²) in [5.74, 6) is 2.35. The highest BCUT2D eigenvalue weighted by Crippen LogP contribution is 2.17. The van der Waals surface area contributed by atoms with Gasteiger partial charge in [-0.3, -0.25) is 0 Å². The molecule has 0 bridgehead atoms. The highest BCUT2D eigenvalue weighted by molar-refractivity contribution is 4.94. The standard InChI is InChI=1S/C10H17N3O/c11-6-9-7-13-10(14-9)5-8-1-3-12-4-2-8/h7-8,12H,1-6,11H2. The number of aromatic nitrogens is 1. The Kier molecular flexibility index (Phi) is 3.16. The van der Waals surface area contributed by atoms with Crippen LogP contribution >= 0.6 is 0 Å². The molecule has 2 heterocycles. The van der Waals surface area contributed by atoms with E-state index in [-0.39, 0.29) is 0 Å². The minimum absolute atomic E-state index is 0.444. The van der Waals surface area contributed by atoms with Gasteiger partial charge in [0.25, 0.3) is 0 Å². The third-order valence-corrected chi connectivity index (χ3v) is 2.72. The van der Waals surface area contributed by atoms with Crippen LogP contribution in [0.25, 0.3) is 0 Å². The molecule has 0 unspecified atom stereocenters. The topological polar surface area (TPSA) is 64.1 Å². The van der Waals surface area contributed by atoms with E-state index in [1.165, 1.54) is 12.8 Å². The van der Waals surface area contributed by atoms with E-state index >= 15 is 0 Å². The minimum Gasteiger partial charge on any atom is -0.444 e. The quantitative estimate of drug-likeness (QED) is 0.744. The van der Waals surface area contributed by atoms with Crippen molar-refractivity contribution in [3.63, 3.8) is 0 Å². The fourth-order valence-corrected chi connectivity index (χ4v) is 1.87. The van der Waals surface area contributed by atoms with Gasteiger partial charge >= 0.3 is 0 Å². The molecular formula is C10H17N3O. The molecule has 14 heavy (non-hydrogen) atoms. The molecule has 1 saturated heterocycles. The maximum Gasteiger partial charge on any atom is 0.194 e. The second-order valence-electron chi connectivity index (χ2n) is 3.82. The van der Waals surface area contributed by atoms with Gasteiger partial charge in [0.15, 0.2) is 5.89 Å². The molecule has 0 atom stereocenters. The van der Waals surface area contributed by atoms with Gasteiger partial charge < -0.3 is 15.5 Å². The van der Waals surface area contributed by atoms with E-state index in [2.05, 4.69) is 10.3 Å². The van der Waals surface area contributed by atoms with Gasteiger partial charge in [-0.1, -0.05) is 0 Å². The van der Waals surface area contributed by atoms with E-state index in [0.717, 1.165) is 37.1 Å². The van der Waals surface area contributed by atoms with E-state index in [9.17, 15) is 0 Å². The van der Waals surface area contributed by atoms with Crippen molar-refractivity contribution in [2.75, 3.05) is 13.1 Å². The summed E-state index contributed by atoms with van der Waals surface area (Å²) in [5.41, 5.74) is 5.45. The highest BCUT2D eigenvalue weighted by Gasteiger charge is 2.15. The first kappa shape index (κ1) is 9.68. The van der Waals surface area contributed by atoms with E-state index in [1.54, 1.807) is 6.20 Å². The molecule has 1 fully saturated rings. The number of hydrogen-bond donors (Lipinski definition) is 2. The summed E-state index contributed by atoms with van der Waals surface area (Å²) in [5, 5.41) is 3.35. The molecule has 78 valence electrons. The predicted octanol–water partition coefficient (Wildman–Crippen LogP) is 0.675. The van der Waals surface area contributed by atoms with Gasteiger partial charge in [-0.15, -0.1) is 0 Å². The maximum absolute atomic E-state index is 5.48. The lowest BCUT2D eigenvalue weighted by Gasteiger charge is -2.20. The number of oxazole rings is 1. The van der Waals surface area contributed by atoms with Crippen LogP contribution < -0.4 is 11.1 Å². The Morgan fingerprint density at radius 3 is 2.93 bits per heavy atom. The number of nitrogens with one attached hydrogen (secondary N) is 1. The molecule has 0 radical (unpaired) electrons. The minimum atomic E-state index is 0.444. The van der Waals surface area contributed by atoms with Crippen molar-refractivity contribution in [2.45, 2.75) is 25.8 Å². The van der Waals surface area contributed by atoms with Gasteiger partial charge in [0, 0.05) is 6.42 Å². The third-order valence-electron chi connectivity index (χ3n) is 2.72. The molecule has 3 N–H and O–H groups in total. The number of rotatable bonds is 3. The van der Waals surface area contributed by atoms with Crippen LogP contribution in [0.2, 0.25) is 0 Å². The summed E-state index contributed by atoms with van der Waals surface area (Å²) in [4.78, 5) is 4.21.